The SMILES string of the molecule is C=CCN(CCC)C(=O)C(C)NC. The summed E-state index contributed by atoms with van der Waals surface area (Å²) < 4.78 is 0. The van der Waals surface area contributed by atoms with Gasteiger partial charge in [0, 0.05) is 13.1 Å². The molecule has 0 aromatic rings. The zero-order valence-corrected chi connectivity index (χ0v) is 8.84. The number of carbonyl (C=O) groups excluding carboxylic acids is 1. The van der Waals surface area contributed by atoms with E-state index >= 15 is 0 Å². The van der Waals surface area contributed by atoms with Gasteiger partial charge in [0.05, 0.1) is 6.04 Å². The lowest BCUT2D eigenvalue weighted by atomic mass is 10.2. The average molecular weight is 184 g/mol. The second-order valence-corrected chi connectivity index (χ2v) is 3.08. The molecule has 0 spiro atoms. The van der Waals surface area contributed by atoms with Crippen LogP contribution in [0, 0.1) is 0 Å². The van der Waals surface area contributed by atoms with E-state index in [0.717, 1.165) is 13.0 Å². The van der Waals surface area contributed by atoms with Crippen LogP contribution in [-0.2, 0) is 4.79 Å². The van der Waals surface area contributed by atoms with Crippen molar-refractivity contribution >= 4 is 5.91 Å². The molecular weight excluding hydrogens is 164 g/mol. The Labute approximate surface area is 80.8 Å². The lowest BCUT2D eigenvalue weighted by Gasteiger charge is -2.23. The molecule has 0 radical (unpaired) electrons. The van der Waals surface area contributed by atoms with Gasteiger partial charge in [0.25, 0.3) is 0 Å². The van der Waals surface area contributed by atoms with E-state index in [1.165, 1.54) is 0 Å². The maximum absolute atomic E-state index is 11.7. The summed E-state index contributed by atoms with van der Waals surface area (Å²) in [7, 11) is 1.79. The Morgan fingerprint density at radius 2 is 2.31 bits per heavy atom. The number of rotatable bonds is 6. The molecule has 1 amide bonds. The highest BCUT2D eigenvalue weighted by Gasteiger charge is 2.16. The summed E-state index contributed by atoms with van der Waals surface area (Å²) in [6.45, 7) is 9.01. The van der Waals surface area contributed by atoms with Crippen LogP contribution in [0.3, 0.4) is 0 Å². The van der Waals surface area contributed by atoms with Gasteiger partial charge in [-0.25, -0.2) is 0 Å². The Morgan fingerprint density at radius 1 is 1.69 bits per heavy atom. The minimum absolute atomic E-state index is 0.105. The number of hydrogen-bond acceptors (Lipinski definition) is 2. The van der Waals surface area contributed by atoms with Gasteiger partial charge in [0.1, 0.15) is 0 Å². The van der Waals surface area contributed by atoms with E-state index in [0.29, 0.717) is 6.54 Å². The molecule has 0 rings (SSSR count). The molecule has 76 valence electrons. The number of amides is 1. The second-order valence-electron chi connectivity index (χ2n) is 3.08. The normalized spacial score (nSPS) is 12.2. The zero-order chi connectivity index (χ0) is 10.3. The highest BCUT2D eigenvalue weighted by atomic mass is 16.2. The summed E-state index contributed by atoms with van der Waals surface area (Å²) >= 11 is 0. The van der Waals surface area contributed by atoms with Gasteiger partial charge < -0.3 is 10.2 Å². The first-order valence-corrected chi connectivity index (χ1v) is 4.74. The fourth-order valence-electron chi connectivity index (χ4n) is 1.11. The topological polar surface area (TPSA) is 32.3 Å². The molecular formula is C10H20N2O. The predicted octanol–water partition coefficient (Wildman–Crippen LogP) is 1.02. The molecule has 0 aliphatic heterocycles. The van der Waals surface area contributed by atoms with Crippen molar-refractivity contribution in [3.8, 4) is 0 Å². The van der Waals surface area contributed by atoms with Crippen LogP contribution >= 0.6 is 0 Å². The minimum atomic E-state index is -0.105. The Kier molecular flexibility index (Phi) is 6.24. The summed E-state index contributed by atoms with van der Waals surface area (Å²) in [4.78, 5) is 13.5. The molecule has 0 aromatic carbocycles. The Balaban J connectivity index is 4.17. The van der Waals surface area contributed by atoms with Crippen LogP contribution in [0.2, 0.25) is 0 Å². The molecule has 0 fully saturated rings. The van der Waals surface area contributed by atoms with Crippen molar-refractivity contribution in [3.05, 3.63) is 12.7 Å². The molecule has 1 atom stereocenters. The smallest absolute Gasteiger partial charge is 0.239 e. The maximum Gasteiger partial charge on any atom is 0.239 e. The van der Waals surface area contributed by atoms with Crippen LogP contribution in [0.25, 0.3) is 0 Å². The van der Waals surface area contributed by atoms with Gasteiger partial charge in [-0.2, -0.15) is 0 Å². The molecule has 1 N–H and O–H groups in total. The quantitative estimate of drug-likeness (QED) is 0.625. The molecule has 1 unspecified atom stereocenters. The molecule has 0 aliphatic rings. The van der Waals surface area contributed by atoms with E-state index in [4.69, 9.17) is 0 Å². The molecule has 0 aromatic heterocycles. The standard InChI is InChI=1S/C10H20N2O/c1-5-7-12(8-6-2)10(13)9(3)11-4/h5,9,11H,1,6-8H2,2-4H3. The van der Waals surface area contributed by atoms with E-state index in [2.05, 4.69) is 18.8 Å². The van der Waals surface area contributed by atoms with Gasteiger partial charge in [-0.1, -0.05) is 13.0 Å². The van der Waals surface area contributed by atoms with Crippen molar-refractivity contribution in [2.45, 2.75) is 26.3 Å². The van der Waals surface area contributed by atoms with Gasteiger partial charge >= 0.3 is 0 Å². The van der Waals surface area contributed by atoms with Gasteiger partial charge in [0.15, 0.2) is 0 Å². The molecule has 0 saturated carbocycles. The number of nitrogens with one attached hydrogen (secondary N) is 1. The van der Waals surface area contributed by atoms with E-state index in [9.17, 15) is 4.79 Å². The monoisotopic (exact) mass is 184 g/mol. The largest absolute Gasteiger partial charge is 0.338 e. The molecule has 0 heterocycles. The van der Waals surface area contributed by atoms with Crippen molar-refractivity contribution < 1.29 is 4.79 Å². The third kappa shape index (κ3) is 4.08. The fourth-order valence-corrected chi connectivity index (χ4v) is 1.11. The summed E-state index contributed by atoms with van der Waals surface area (Å²) in [5.74, 6) is 0.143. The van der Waals surface area contributed by atoms with Crippen molar-refractivity contribution in [1.82, 2.24) is 10.2 Å². The summed E-state index contributed by atoms with van der Waals surface area (Å²) in [5, 5.41) is 2.94. The van der Waals surface area contributed by atoms with Crippen LogP contribution in [0.5, 0.6) is 0 Å². The first-order chi connectivity index (χ1) is 6.17. The Hall–Kier alpha value is -0.830. The number of nitrogens with zero attached hydrogens (tertiary/aromatic N) is 1. The lowest BCUT2D eigenvalue weighted by Crippen LogP contribution is -2.43. The third-order valence-corrected chi connectivity index (χ3v) is 1.96. The first-order valence-electron chi connectivity index (χ1n) is 4.74. The zero-order valence-electron chi connectivity index (χ0n) is 8.84. The molecule has 0 aliphatic carbocycles. The summed E-state index contributed by atoms with van der Waals surface area (Å²) in [6.07, 6.45) is 2.74. The number of hydrogen-bond donors (Lipinski definition) is 1. The van der Waals surface area contributed by atoms with Gasteiger partial charge in [-0.3, -0.25) is 4.79 Å². The van der Waals surface area contributed by atoms with Crippen LogP contribution in [0.4, 0.5) is 0 Å². The highest BCUT2D eigenvalue weighted by molar-refractivity contribution is 5.81. The van der Waals surface area contributed by atoms with E-state index in [1.807, 2.05) is 11.8 Å². The Bertz CT molecular complexity index is 168. The van der Waals surface area contributed by atoms with Gasteiger partial charge in [0.2, 0.25) is 5.91 Å². The summed E-state index contributed by atoms with van der Waals surface area (Å²) in [5.41, 5.74) is 0. The second kappa shape index (κ2) is 6.66. The van der Waals surface area contributed by atoms with E-state index < -0.39 is 0 Å². The highest BCUT2D eigenvalue weighted by Crippen LogP contribution is 1.96. The molecule has 3 heteroatoms. The Morgan fingerprint density at radius 3 is 2.69 bits per heavy atom. The molecule has 3 nitrogen and oxygen atoms in total. The van der Waals surface area contributed by atoms with E-state index in [1.54, 1.807) is 13.1 Å². The third-order valence-electron chi connectivity index (χ3n) is 1.96. The maximum atomic E-state index is 11.7. The first kappa shape index (κ1) is 12.2. The van der Waals surface area contributed by atoms with Crippen LogP contribution in [0.1, 0.15) is 20.3 Å². The van der Waals surface area contributed by atoms with Crippen molar-refractivity contribution in [3.63, 3.8) is 0 Å². The fraction of sp³-hybridized carbons (Fsp3) is 0.700. The summed E-state index contributed by atoms with van der Waals surface area (Å²) in [6, 6.07) is -0.105. The van der Waals surface area contributed by atoms with Crippen LogP contribution < -0.4 is 5.32 Å². The number of likely N-dealkylation sites (N-methyl/N-ethyl adjacent to an activating group) is 1. The molecule has 0 bridgehead atoms. The average Bonchev–Trinajstić information content (AvgIpc) is 2.15. The molecule has 13 heavy (non-hydrogen) atoms. The van der Waals surface area contributed by atoms with Crippen molar-refractivity contribution in [2.75, 3.05) is 20.1 Å². The predicted molar refractivity (Wildman–Crippen MR) is 55.6 cm³/mol. The van der Waals surface area contributed by atoms with Crippen LogP contribution in [-0.4, -0.2) is 37.0 Å². The van der Waals surface area contributed by atoms with Gasteiger partial charge in [-0.15, -0.1) is 6.58 Å². The van der Waals surface area contributed by atoms with Gasteiger partial charge in [-0.05, 0) is 20.4 Å². The minimum Gasteiger partial charge on any atom is -0.338 e. The van der Waals surface area contributed by atoms with Crippen LogP contribution in [0.15, 0.2) is 12.7 Å². The number of carbonyl (C=O) groups is 1. The van der Waals surface area contributed by atoms with E-state index in [-0.39, 0.29) is 11.9 Å². The lowest BCUT2D eigenvalue weighted by molar-refractivity contribution is -0.132. The van der Waals surface area contributed by atoms with Crippen molar-refractivity contribution in [1.29, 1.82) is 0 Å². The molecule has 0 saturated heterocycles. The van der Waals surface area contributed by atoms with Crippen molar-refractivity contribution in [2.24, 2.45) is 0 Å².